The summed E-state index contributed by atoms with van der Waals surface area (Å²) in [6.07, 6.45) is 1.26. The van der Waals surface area contributed by atoms with Gasteiger partial charge in [-0.05, 0) is 29.5 Å². The second-order valence-electron chi connectivity index (χ2n) is 8.13. The van der Waals surface area contributed by atoms with E-state index in [0.29, 0.717) is 43.6 Å². The van der Waals surface area contributed by atoms with Crippen LogP contribution in [0.5, 0.6) is 0 Å². The summed E-state index contributed by atoms with van der Waals surface area (Å²) in [5, 5.41) is 3.16. The summed E-state index contributed by atoms with van der Waals surface area (Å²) in [4.78, 5) is 14.9. The molecule has 1 heterocycles. The van der Waals surface area contributed by atoms with Crippen LogP contribution in [-0.2, 0) is 16.6 Å². The third-order valence-corrected chi connectivity index (χ3v) is 6.43. The highest BCUT2D eigenvalue weighted by Gasteiger charge is 2.24. The molecular formula is C20H33N3O3S. The number of nitrogens with one attached hydrogen (secondary N) is 1. The Kier molecular flexibility index (Phi) is 7.42. The first kappa shape index (κ1) is 21.9. The van der Waals surface area contributed by atoms with Gasteiger partial charge in [0.25, 0.3) is 5.91 Å². The minimum atomic E-state index is -3.11. The van der Waals surface area contributed by atoms with Crippen LogP contribution in [0.1, 0.15) is 43.6 Å². The van der Waals surface area contributed by atoms with Crippen molar-refractivity contribution in [3.8, 4) is 0 Å². The van der Waals surface area contributed by atoms with Crippen LogP contribution >= 0.6 is 0 Å². The lowest BCUT2D eigenvalue weighted by atomic mass is 9.93. The molecular weight excluding hydrogens is 362 g/mol. The summed E-state index contributed by atoms with van der Waals surface area (Å²) in [7, 11) is -3.11. The smallest absolute Gasteiger partial charge is 0.251 e. The molecule has 0 atom stereocenters. The molecule has 0 saturated carbocycles. The molecule has 1 saturated heterocycles. The number of hydrogen-bond acceptors (Lipinski definition) is 4. The summed E-state index contributed by atoms with van der Waals surface area (Å²) >= 11 is 0. The second kappa shape index (κ2) is 9.17. The molecule has 1 N–H and O–H groups in total. The molecule has 6 nitrogen and oxygen atoms in total. The lowest BCUT2D eigenvalue weighted by Gasteiger charge is -2.33. The number of carbonyl (C=O) groups excluding carboxylic acids is 1. The lowest BCUT2D eigenvalue weighted by molar-refractivity contribution is 0.0910. The number of benzene rings is 1. The fourth-order valence-electron chi connectivity index (χ4n) is 3.63. The van der Waals surface area contributed by atoms with Crippen molar-refractivity contribution in [1.82, 2.24) is 14.5 Å². The van der Waals surface area contributed by atoms with E-state index in [1.54, 1.807) is 0 Å². The Hall–Kier alpha value is -1.44. The number of nitrogens with zero attached hydrogens (tertiary/aromatic N) is 2. The number of rotatable bonds is 7. The monoisotopic (exact) mass is 395 g/mol. The average molecular weight is 396 g/mol. The Morgan fingerprint density at radius 3 is 2.19 bits per heavy atom. The first-order chi connectivity index (χ1) is 12.6. The normalized spacial score (nSPS) is 17.0. The van der Waals surface area contributed by atoms with Gasteiger partial charge >= 0.3 is 0 Å². The first-order valence-electron chi connectivity index (χ1n) is 9.65. The number of hydrogen-bond donors (Lipinski definition) is 1. The topological polar surface area (TPSA) is 69.7 Å². The van der Waals surface area contributed by atoms with Crippen molar-refractivity contribution in [3.63, 3.8) is 0 Å². The van der Waals surface area contributed by atoms with E-state index in [-0.39, 0.29) is 11.9 Å². The maximum Gasteiger partial charge on any atom is 0.251 e. The van der Waals surface area contributed by atoms with Gasteiger partial charge in [0, 0.05) is 44.3 Å². The van der Waals surface area contributed by atoms with Crippen LogP contribution in [0.2, 0.25) is 0 Å². The van der Waals surface area contributed by atoms with Crippen LogP contribution < -0.4 is 5.32 Å². The third-order valence-electron chi connectivity index (χ3n) is 5.13. The van der Waals surface area contributed by atoms with Crippen molar-refractivity contribution in [2.75, 3.05) is 32.4 Å². The summed E-state index contributed by atoms with van der Waals surface area (Å²) in [6.45, 7) is 11.6. The molecule has 1 aliphatic heterocycles. The van der Waals surface area contributed by atoms with Crippen molar-refractivity contribution < 1.29 is 13.2 Å². The maximum absolute atomic E-state index is 12.7. The second-order valence-corrected chi connectivity index (χ2v) is 10.1. The molecule has 27 heavy (non-hydrogen) atoms. The number of amides is 1. The van der Waals surface area contributed by atoms with Gasteiger partial charge in [-0.1, -0.05) is 39.8 Å². The van der Waals surface area contributed by atoms with Gasteiger partial charge in [-0.2, -0.15) is 4.31 Å². The average Bonchev–Trinajstić information content (AvgIpc) is 2.58. The standard InChI is InChI=1S/C20H33N3O3S/c1-15(2)19(16(3)4)21-20(24)18-8-6-7-17(13-18)14-22-9-11-23(12-10-22)27(5,25)26/h6-8,13,15-16,19H,9-12,14H2,1-5H3,(H,21,24). The predicted octanol–water partition coefficient (Wildman–Crippen LogP) is 2.17. The third kappa shape index (κ3) is 6.30. The molecule has 1 amide bonds. The molecule has 0 bridgehead atoms. The van der Waals surface area contributed by atoms with Crippen molar-refractivity contribution in [3.05, 3.63) is 35.4 Å². The zero-order chi connectivity index (χ0) is 20.2. The van der Waals surface area contributed by atoms with E-state index < -0.39 is 10.0 Å². The van der Waals surface area contributed by atoms with E-state index in [0.717, 1.165) is 12.1 Å². The minimum Gasteiger partial charge on any atom is -0.349 e. The summed E-state index contributed by atoms with van der Waals surface area (Å²) in [5.41, 5.74) is 1.75. The van der Waals surface area contributed by atoms with Crippen molar-refractivity contribution >= 4 is 15.9 Å². The maximum atomic E-state index is 12.7. The molecule has 2 rings (SSSR count). The molecule has 0 unspecified atom stereocenters. The number of carbonyl (C=O) groups is 1. The van der Waals surface area contributed by atoms with Crippen LogP contribution in [0.15, 0.2) is 24.3 Å². The van der Waals surface area contributed by atoms with E-state index in [1.165, 1.54) is 10.6 Å². The minimum absolute atomic E-state index is 0.0360. The highest BCUT2D eigenvalue weighted by molar-refractivity contribution is 7.88. The van der Waals surface area contributed by atoms with Crippen LogP contribution in [-0.4, -0.2) is 62.0 Å². The van der Waals surface area contributed by atoms with E-state index in [4.69, 9.17) is 0 Å². The molecule has 0 aromatic heterocycles. The van der Waals surface area contributed by atoms with Gasteiger partial charge in [-0.25, -0.2) is 8.42 Å². The molecule has 7 heteroatoms. The fraction of sp³-hybridized carbons (Fsp3) is 0.650. The Morgan fingerprint density at radius 2 is 1.67 bits per heavy atom. The summed E-state index contributed by atoms with van der Waals surface area (Å²) in [5.74, 6) is 0.720. The molecule has 0 aliphatic carbocycles. The Bertz CT molecular complexity index is 731. The van der Waals surface area contributed by atoms with Crippen molar-refractivity contribution in [2.24, 2.45) is 11.8 Å². The van der Waals surface area contributed by atoms with Crippen LogP contribution in [0, 0.1) is 11.8 Å². The molecule has 1 aliphatic rings. The first-order valence-corrected chi connectivity index (χ1v) is 11.5. The summed E-state index contributed by atoms with van der Waals surface area (Å²) in [6, 6.07) is 7.86. The van der Waals surface area contributed by atoms with Crippen LogP contribution in [0.4, 0.5) is 0 Å². The van der Waals surface area contributed by atoms with Crippen LogP contribution in [0.25, 0.3) is 0 Å². The van der Waals surface area contributed by atoms with Crippen molar-refractivity contribution in [1.29, 1.82) is 0 Å². The summed E-state index contributed by atoms with van der Waals surface area (Å²) < 4.78 is 24.8. The molecule has 0 radical (unpaired) electrons. The van der Waals surface area contributed by atoms with Gasteiger partial charge < -0.3 is 5.32 Å². The van der Waals surface area contributed by atoms with Gasteiger partial charge in [0.2, 0.25) is 10.0 Å². The number of piperazine rings is 1. The van der Waals surface area contributed by atoms with E-state index in [2.05, 4.69) is 37.9 Å². The van der Waals surface area contributed by atoms with Crippen molar-refractivity contribution in [2.45, 2.75) is 40.3 Å². The van der Waals surface area contributed by atoms with Crippen LogP contribution in [0.3, 0.4) is 0 Å². The zero-order valence-corrected chi connectivity index (χ0v) is 17.9. The zero-order valence-electron chi connectivity index (χ0n) is 17.1. The highest BCUT2D eigenvalue weighted by Crippen LogP contribution is 2.15. The molecule has 1 aromatic carbocycles. The SMILES string of the molecule is CC(C)C(NC(=O)c1cccc(CN2CCN(S(C)(=O)=O)CC2)c1)C(C)C. The molecule has 152 valence electrons. The molecule has 0 spiro atoms. The van der Waals surface area contributed by atoms with Gasteiger partial charge in [-0.15, -0.1) is 0 Å². The fourth-order valence-corrected chi connectivity index (χ4v) is 4.45. The highest BCUT2D eigenvalue weighted by atomic mass is 32.2. The lowest BCUT2D eigenvalue weighted by Crippen LogP contribution is -2.47. The number of sulfonamides is 1. The van der Waals surface area contributed by atoms with Gasteiger partial charge in [-0.3, -0.25) is 9.69 Å². The van der Waals surface area contributed by atoms with Gasteiger partial charge in [0.1, 0.15) is 0 Å². The van der Waals surface area contributed by atoms with E-state index >= 15 is 0 Å². The largest absolute Gasteiger partial charge is 0.349 e. The van der Waals surface area contributed by atoms with E-state index in [9.17, 15) is 13.2 Å². The predicted molar refractivity (Wildman–Crippen MR) is 109 cm³/mol. The Morgan fingerprint density at radius 1 is 1.07 bits per heavy atom. The molecule has 1 fully saturated rings. The Labute approximate surface area is 164 Å². The quantitative estimate of drug-likeness (QED) is 0.768. The van der Waals surface area contributed by atoms with E-state index in [1.807, 2.05) is 24.3 Å². The van der Waals surface area contributed by atoms with Gasteiger partial charge in [0.15, 0.2) is 0 Å². The molecule has 1 aromatic rings. The Balaban J connectivity index is 1.98. The van der Waals surface area contributed by atoms with Gasteiger partial charge in [0.05, 0.1) is 6.26 Å².